The molecule has 0 fully saturated rings. The highest BCUT2D eigenvalue weighted by Crippen LogP contribution is 2.31. The van der Waals surface area contributed by atoms with E-state index < -0.39 is 34.7 Å². The van der Waals surface area contributed by atoms with Crippen LogP contribution in [0.3, 0.4) is 0 Å². The molecule has 0 aliphatic rings. The second-order valence-corrected chi connectivity index (χ2v) is 7.01. The average molecular weight is 402 g/mol. The minimum absolute atomic E-state index is 0.0516. The number of benzene rings is 3. The van der Waals surface area contributed by atoms with Gasteiger partial charge in [-0.3, -0.25) is 0 Å². The Kier molecular flexibility index (Phi) is 6.16. The van der Waals surface area contributed by atoms with Crippen molar-refractivity contribution >= 4 is 11.7 Å². The van der Waals surface area contributed by atoms with Crippen LogP contribution < -0.4 is 0 Å². The Labute approximate surface area is 166 Å². The van der Waals surface area contributed by atoms with Gasteiger partial charge in [-0.05, 0) is 61.6 Å². The standard InChI is InChI=1S/C24H19F5/c1-14-3-5-16(6-4-14)7-8-17-9-10-18(11-15(17)2)22(27)23(28)19-12-20(25)24(29)21(26)13-19/h3-6,9-13H,7-8H2,1-2H3/b23-22+. The Bertz CT molecular complexity index is 1040. The van der Waals surface area contributed by atoms with Crippen LogP contribution in [0.2, 0.25) is 0 Å². The number of rotatable bonds is 5. The smallest absolute Gasteiger partial charge is 0.194 e. The molecule has 0 aromatic heterocycles. The predicted octanol–water partition coefficient (Wildman–Crippen LogP) is 7.27. The maximum absolute atomic E-state index is 14.5. The van der Waals surface area contributed by atoms with Crippen LogP contribution in [0.25, 0.3) is 11.7 Å². The average Bonchev–Trinajstić information content (AvgIpc) is 2.70. The van der Waals surface area contributed by atoms with Crippen molar-refractivity contribution in [3.8, 4) is 0 Å². The van der Waals surface area contributed by atoms with E-state index in [2.05, 4.69) is 12.1 Å². The minimum Gasteiger partial charge on any atom is -0.204 e. The predicted molar refractivity (Wildman–Crippen MR) is 105 cm³/mol. The molecule has 3 aromatic carbocycles. The van der Waals surface area contributed by atoms with Crippen molar-refractivity contribution in [2.45, 2.75) is 26.7 Å². The van der Waals surface area contributed by atoms with E-state index in [1.165, 1.54) is 23.3 Å². The molecular formula is C24H19F5. The van der Waals surface area contributed by atoms with Gasteiger partial charge in [0.25, 0.3) is 0 Å². The number of aryl methyl sites for hydroxylation is 4. The van der Waals surface area contributed by atoms with E-state index in [1.807, 2.05) is 19.1 Å². The first-order chi connectivity index (χ1) is 13.8. The van der Waals surface area contributed by atoms with E-state index in [-0.39, 0.29) is 5.56 Å². The third kappa shape index (κ3) is 4.73. The van der Waals surface area contributed by atoms with Crippen molar-refractivity contribution in [3.05, 3.63) is 105 Å². The van der Waals surface area contributed by atoms with Crippen LogP contribution in [-0.4, -0.2) is 0 Å². The van der Waals surface area contributed by atoms with Crippen LogP contribution >= 0.6 is 0 Å². The number of hydrogen-bond acceptors (Lipinski definition) is 0. The lowest BCUT2D eigenvalue weighted by Crippen LogP contribution is -1.96. The molecule has 0 saturated carbocycles. The molecule has 29 heavy (non-hydrogen) atoms. The van der Waals surface area contributed by atoms with Gasteiger partial charge in [0, 0.05) is 11.1 Å². The zero-order valence-corrected chi connectivity index (χ0v) is 16.0. The molecule has 0 unspecified atom stereocenters. The molecule has 0 N–H and O–H groups in total. The van der Waals surface area contributed by atoms with E-state index in [0.717, 1.165) is 24.0 Å². The molecule has 3 rings (SSSR count). The third-order valence-corrected chi connectivity index (χ3v) is 4.83. The van der Waals surface area contributed by atoms with Crippen LogP contribution in [0.15, 0.2) is 54.6 Å². The summed E-state index contributed by atoms with van der Waals surface area (Å²) in [5.41, 5.74) is 3.37. The van der Waals surface area contributed by atoms with Crippen LogP contribution in [0.1, 0.15) is 33.4 Å². The van der Waals surface area contributed by atoms with Crippen molar-refractivity contribution in [1.82, 2.24) is 0 Å². The van der Waals surface area contributed by atoms with Gasteiger partial charge in [0.2, 0.25) is 0 Å². The Morgan fingerprint density at radius 3 is 1.86 bits per heavy atom. The Morgan fingerprint density at radius 2 is 1.28 bits per heavy atom. The first-order valence-corrected chi connectivity index (χ1v) is 9.12. The normalized spacial score (nSPS) is 12.1. The fourth-order valence-electron chi connectivity index (χ4n) is 3.08. The number of hydrogen-bond donors (Lipinski definition) is 0. The van der Waals surface area contributed by atoms with Gasteiger partial charge < -0.3 is 0 Å². The van der Waals surface area contributed by atoms with Gasteiger partial charge in [-0.25, -0.2) is 22.0 Å². The quantitative estimate of drug-likeness (QED) is 0.239. The summed E-state index contributed by atoms with van der Waals surface area (Å²) < 4.78 is 68.6. The molecule has 0 bridgehead atoms. The largest absolute Gasteiger partial charge is 0.204 e. The molecule has 0 saturated heterocycles. The maximum atomic E-state index is 14.5. The first kappa shape index (κ1) is 20.8. The van der Waals surface area contributed by atoms with Gasteiger partial charge in [0.1, 0.15) is 0 Å². The van der Waals surface area contributed by atoms with Gasteiger partial charge in [-0.1, -0.05) is 42.0 Å². The van der Waals surface area contributed by atoms with E-state index in [0.29, 0.717) is 12.1 Å². The number of halogens is 5. The van der Waals surface area contributed by atoms with Crippen molar-refractivity contribution < 1.29 is 22.0 Å². The van der Waals surface area contributed by atoms with E-state index in [9.17, 15) is 22.0 Å². The lowest BCUT2D eigenvalue weighted by molar-refractivity contribution is 0.446. The molecule has 0 amide bonds. The molecule has 0 heterocycles. The molecule has 150 valence electrons. The summed E-state index contributed by atoms with van der Waals surface area (Å²) in [5, 5.41) is 0. The highest BCUT2D eigenvalue weighted by atomic mass is 19.2. The van der Waals surface area contributed by atoms with Crippen LogP contribution in [0.5, 0.6) is 0 Å². The first-order valence-electron chi connectivity index (χ1n) is 9.12. The van der Waals surface area contributed by atoms with E-state index in [1.54, 1.807) is 13.0 Å². The second-order valence-electron chi connectivity index (χ2n) is 7.01. The molecule has 0 nitrogen and oxygen atoms in total. The second kappa shape index (κ2) is 8.60. The summed E-state index contributed by atoms with van der Waals surface area (Å²) in [5.74, 6) is -7.59. The van der Waals surface area contributed by atoms with Gasteiger partial charge >= 0.3 is 0 Å². The minimum atomic E-state index is -1.73. The molecule has 3 aromatic rings. The van der Waals surface area contributed by atoms with Crippen molar-refractivity contribution in [2.75, 3.05) is 0 Å². The molecule has 0 aliphatic carbocycles. The Balaban J connectivity index is 1.83. The van der Waals surface area contributed by atoms with Crippen molar-refractivity contribution in [1.29, 1.82) is 0 Å². The summed E-state index contributed by atoms with van der Waals surface area (Å²) in [6, 6.07) is 13.6. The topological polar surface area (TPSA) is 0 Å². The molecule has 0 spiro atoms. The summed E-state index contributed by atoms with van der Waals surface area (Å²) >= 11 is 0. The summed E-state index contributed by atoms with van der Waals surface area (Å²) in [6.45, 7) is 3.80. The zero-order chi connectivity index (χ0) is 21.1. The molecule has 0 aliphatic heterocycles. The van der Waals surface area contributed by atoms with Gasteiger partial charge in [-0.2, -0.15) is 0 Å². The van der Waals surface area contributed by atoms with Gasteiger partial charge in [-0.15, -0.1) is 0 Å². The molecule has 5 heteroatoms. The van der Waals surface area contributed by atoms with E-state index in [4.69, 9.17) is 0 Å². The highest BCUT2D eigenvalue weighted by Gasteiger charge is 2.17. The van der Waals surface area contributed by atoms with Gasteiger partial charge in [0.15, 0.2) is 29.1 Å². The summed E-state index contributed by atoms with van der Waals surface area (Å²) in [7, 11) is 0. The van der Waals surface area contributed by atoms with Gasteiger partial charge in [0.05, 0.1) is 0 Å². The fourth-order valence-corrected chi connectivity index (χ4v) is 3.08. The SMILES string of the molecule is Cc1ccc(CCc2ccc(/C(F)=C(\F)c3cc(F)c(F)c(F)c3)cc2C)cc1. The molecule has 0 atom stereocenters. The Morgan fingerprint density at radius 1 is 0.690 bits per heavy atom. The van der Waals surface area contributed by atoms with Crippen LogP contribution in [0.4, 0.5) is 22.0 Å². The van der Waals surface area contributed by atoms with E-state index >= 15 is 0 Å². The van der Waals surface area contributed by atoms with Crippen molar-refractivity contribution in [3.63, 3.8) is 0 Å². The third-order valence-electron chi connectivity index (χ3n) is 4.83. The zero-order valence-electron chi connectivity index (χ0n) is 16.0. The lowest BCUT2D eigenvalue weighted by Gasteiger charge is -2.09. The van der Waals surface area contributed by atoms with Crippen LogP contribution in [-0.2, 0) is 12.8 Å². The maximum Gasteiger partial charge on any atom is 0.194 e. The lowest BCUT2D eigenvalue weighted by atomic mass is 9.97. The monoisotopic (exact) mass is 402 g/mol. The Hall–Kier alpha value is -2.95. The molecular weight excluding hydrogens is 383 g/mol. The summed E-state index contributed by atoms with van der Waals surface area (Å²) in [4.78, 5) is 0. The highest BCUT2D eigenvalue weighted by molar-refractivity contribution is 5.83. The van der Waals surface area contributed by atoms with Crippen LogP contribution in [0, 0.1) is 31.3 Å². The van der Waals surface area contributed by atoms with Crippen molar-refractivity contribution in [2.24, 2.45) is 0 Å². The summed E-state index contributed by atoms with van der Waals surface area (Å²) in [6.07, 6.45) is 1.54. The fraction of sp³-hybridized carbons (Fsp3) is 0.167. The molecule has 0 radical (unpaired) electrons.